The second kappa shape index (κ2) is 7.39. The van der Waals surface area contributed by atoms with Crippen LogP contribution in [0.4, 0.5) is 0 Å². The van der Waals surface area contributed by atoms with Gasteiger partial charge in [0.25, 0.3) is 0 Å². The van der Waals surface area contributed by atoms with Crippen LogP contribution in [0.5, 0.6) is 0 Å². The zero-order valence-corrected chi connectivity index (χ0v) is 12.9. The number of benzene rings is 1. The van der Waals surface area contributed by atoms with Gasteiger partial charge in [-0.25, -0.2) is 0 Å². The molecule has 1 aromatic heterocycles. The molecule has 1 aromatic carbocycles. The van der Waals surface area contributed by atoms with Gasteiger partial charge in [0.15, 0.2) is 4.34 Å². The van der Waals surface area contributed by atoms with Gasteiger partial charge in [-0.2, -0.15) is 5.26 Å². The Labute approximate surface area is 127 Å². The molecule has 0 spiro atoms. The maximum atomic E-state index is 9.73. The molecule has 0 radical (unpaired) electrons. The van der Waals surface area contributed by atoms with Crippen molar-refractivity contribution in [1.29, 1.82) is 5.26 Å². The van der Waals surface area contributed by atoms with E-state index in [0.29, 0.717) is 5.75 Å². The maximum absolute atomic E-state index is 9.73. The van der Waals surface area contributed by atoms with Crippen LogP contribution < -0.4 is 5.32 Å². The summed E-state index contributed by atoms with van der Waals surface area (Å²) in [7, 11) is 0. The number of nitrogens with one attached hydrogen (secondary N) is 1. The van der Waals surface area contributed by atoms with E-state index in [1.807, 2.05) is 30.3 Å². The van der Waals surface area contributed by atoms with Gasteiger partial charge in [-0.15, -0.1) is 10.2 Å². The molecule has 0 saturated carbocycles. The Morgan fingerprint density at radius 2 is 2.20 bits per heavy atom. The van der Waals surface area contributed by atoms with Crippen LogP contribution >= 0.6 is 23.1 Å². The minimum Gasteiger partial charge on any atom is -0.295 e. The molecule has 0 fully saturated rings. The first kappa shape index (κ1) is 15.0. The van der Waals surface area contributed by atoms with E-state index in [4.69, 9.17) is 0 Å². The van der Waals surface area contributed by atoms with Gasteiger partial charge < -0.3 is 0 Å². The molecule has 1 atom stereocenters. The van der Waals surface area contributed by atoms with Gasteiger partial charge in [0.1, 0.15) is 11.0 Å². The summed E-state index contributed by atoms with van der Waals surface area (Å²) < 4.78 is 0.888. The SMILES string of the molecule is CCCNC(C#N)(CSc1nncs1)c1ccccc1. The fraction of sp³-hybridized carbons (Fsp3) is 0.357. The highest BCUT2D eigenvalue weighted by Gasteiger charge is 2.32. The molecule has 0 aliphatic carbocycles. The second-order valence-corrected chi connectivity index (χ2v) is 6.36. The molecule has 20 heavy (non-hydrogen) atoms. The largest absolute Gasteiger partial charge is 0.295 e. The summed E-state index contributed by atoms with van der Waals surface area (Å²) in [6.07, 6.45) is 0.986. The Morgan fingerprint density at radius 3 is 2.80 bits per heavy atom. The van der Waals surface area contributed by atoms with Crippen molar-refractivity contribution in [1.82, 2.24) is 15.5 Å². The lowest BCUT2D eigenvalue weighted by Crippen LogP contribution is -2.43. The highest BCUT2D eigenvalue weighted by molar-refractivity contribution is 8.01. The minimum atomic E-state index is -0.687. The Kier molecular flexibility index (Phi) is 5.53. The molecule has 1 heterocycles. The molecule has 0 bridgehead atoms. The van der Waals surface area contributed by atoms with Crippen LogP contribution in [0, 0.1) is 11.3 Å². The molecular formula is C14H16N4S2. The van der Waals surface area contributed by atoms with Gasteiger partial charge in [0.2, 0.25) is 0 Å². The number of thioether (sulfide) groups is 1. The van der Waals surface area contributed by atoms with E-state index in [0.717, 1.165) is 22.9 Å². The first-order valence-electron chi connectivity index (χ1n) is 6.41. The standard InChI is InChI=1S/C14H16N4S2/c1-2-8-16-14(9-15,12-6-4-3-5-7-12)10-19-13-18-17-11-20-13/h3-7,11,16H,2,8,10H2,1H3. The molecule has 0 aliphatic rings. The van der Waals surface area contributed by atoms with Crippen LogP contribution in [0.1, 0.15) is 18.9 Å². The lowest BCUT2D eigenvalue weighted by atomic mass is 9.93. The molecule has 1 N–H and O–H groups in total. The lowest BCUT2D eigenvalue weighted by molar-refractivity contribution is 0.474. The van der Waals surface area contributed by atoms with Crippen molar-refractivity contribution < 1.29 is 0 Å². The third-order valence-corrected chi connectivity index (χ3v) is 4.92. The van der Waals surface area contributed by atoms with Crippen molar-refractivity contribution in [3.63, 3.8) is 0 Å². The predicted octanol–water partition coefficient (Wildman–Crippen LogP) is 3.05. The van der Waals surface area contributed by atoms with Crippen LogP contribution in [-0.2, 0) is 5.54 Å². The second-order valence-electron chi connectivity index (χ2n) is 4.30. The van der Waals surface area contributed by atoms with E-state index >= 15 is 0 Å². The molecular weight excluding hydrogens is 288 g/mol. The fourth-order valence-corrected chi connectivity index (χ4v) is 3.46. The van der Waals surface area contributed by atoms with Gasteiger partial charge in [-0.1, -0.05) is 60.4 Å². The number of aromatic nitrogens is 2. The number of rotatable bonds is 7. The smallest absolute Gasteiger partial charge is 0.174 e. The highest BCUT2D eigenvalue weighted by Crippen LogP contribution is 2.30. The van der Waals surface area contributed by atoms with Crippen LogP contribution in [0.15, 0.2) is 40.2 Å². The normalized spacial score (nSPS) is 13.6. The summed E-state index contributed by atoms with van der Waals surface area (Å²) >= 11 is 3.06. The number of hydrogen-bond donors (Lipinski definition) is 1. The van der Waals surface area contributed by atoms with Gasteiger partial charge in [-0.3, -0.25) is 5.32 Å². The molecule has 0 amide bonds. The van der Waals surface area contributed by atoms with Gasteiger partial charge in [0.05, 0.1) is 6.07 Å². The topological polar surface area (TPSA) is 61.6 Å². The average Bonchev–Trinajstić information content (AvgIpc) is 3.02. The van der Waals surface area contributed by atoms with Crippen molar-refractivity contribution in [3.05, 3.63) is 41.4 Å². The third kappa shape index (κ3) is 3.57. The molecule has 0 aliphatic heterocycles. The van der Waals surface area contributed by atoms with Crippen molar-refractivity contribution in [3.8, 4) is 6.07 Å². The van der Waals surface area contributed by atoms with Crippen LogP contribution in [0.25, 0.3) is 0 Å². The monoisotopic (exact) mass is 304 g/mol. The van der Waals surface area contributed by atoms with Gasteiger partial charge in [-0.05, 0) is 18.5 Å². The number of hydrogen-bond acceptors (Lipinski definition) is 6. The van der Waals surface area contributed by atoms with E-state index in [-0.39, 0.29) is 0 Å². The molecule has 2 rings (SSSR count). The van der Waals surface area contributed by atoms with E-state index < -0.39 is 5.54 Å². The molecule has 1 unspecified atom stereocenters. The summed E-state index contributed by atoms with van der Waals surface area (Å²) in [4.78, 5) is 0. The lowest BCUT2D eigenvalue weighted by Gasteiger charge is -2.27. The average molecular weight is 304 g/mol. The van der Waals surface area contributed by atoms with Gasteiger partial charge >= 0.3 is 0 Å². The van der Waals surface area contributed by atoms with E-state index in [2.05, 4.69) is 28.5 Å². The predicted molar refractivity (Wildman–Crippen MR) is 82.7 cm³/mol. The van der Waals surface area contributed by atoms with E-state index in [9.17, 15) is 5.26 Å². The van der Waals surface area contributed by atoms with Crippen molar-refractivity contribution in [2.75, 3.05) is 12.3 Å². The Balaban J connectivity index is 2.21. The first-order valence-corrected chi connectivity index (χ1v) is 8.28. The third-order valence-electron chi connectivity index (χ3n) is 2.89. The van der Waals surface area contributed by atoms with Crippen molar-refractivity contribution in [2.24, 2.45) is 0 Å². The summed E-state index contributed by atoms with van der Waals surface area (Å²) in [5, 5.41) is 21.0. The summed E-state index contributed by atoms with van der Waals surface area (Å²) in [6.45, 7) is 2.90. The van der Waals surface area contributed by atoms with Crippen LogP contribution in [0.3, 0.4) is 0 Å². The van der Waals surface area contributed by atoms with E-state index in [1.54, 1.807) is 17.3 Å². The molecule has 0 saturated heterocycles. The zero-order chi connectivity index (χ0) is 14.3. The Bertz CT molecular complexity index is 550. The highest BCUT2D eigenvalue weighted by atomic mass is 32.2. The quantitative estimate of drug-likeness (QED) is 0.797. The summed E-state index contributed by atoms with van der Waals surface area (Å²) in [5.74, 6) is 0.614. The van der Waals surface area contributed by atoms with Crippen molar-refractivity contribution >= 4 is 23.1 Å². The summed E-state index contributed by atoms with van der Waals surface area (Å²) in [6, 6.07) is 12.3. The van der Waals surface area contributed by atoms with Gasteiger partial charge in [0, 0.05) is 5.75 Å². The van der Waals surface area contributed by atoms with Crippen LogP contribution in [-0.4, -0.2) is 22.5 Å². The molecule has 104 valence electrons. The zero-order valence-electron chi connectivity index (χ0n) is 11.2. The maximum Gasteiger partial charge on any atom is 0.174 e. The summed E-state index contributed by atoms with van der Waals surface area (Å²) in [5.41, 5.74) is 2.01. The molecule has 4 nitrogen and oxygen atoms in total. The minimum absolute atomic E-state index is 0.614. The first-order chi connectivity index (χ1) is 9.80. The number of nitriles is 1. The van der Waals surface area contributed by atoms with Crippen molar-refractivity contribution in [2.45, 2.75) is 23.2 Å². The van der Waals surface area contributed by atoms with Crippen LogP contribution in [0.2, 0.25) is 0 Å². The Morgan fingerprint density at radius 1 is 1.40 bits per heavy atom. The van der Waals surface area contributed by atoms with E-state index in [1.165, 1.54) is 11.3 Å². The number of nitrogens with zero attached hydrogens (tertiary/aromatic N) is 3. The molecule has 2 aromatic rings. The fourth-order valence-electron chi connectivity index (χ4n) is 1.83. The Hall–Kier alpha value is -1.42. The molecule has 6 heteroatoms.